The summed E-state index contributed by atoms with van der Waals surface area (Å²) in [6, 6.07) is 9.45. The lowest BCUT2D eigenvalue weighted by atomic mass is 10.3. The van der Waals surface area contributed by atoms with Gasteiger partial charge in [0.2, 0.25) is 0 Å². The van der Waals surface area contributed by atoms with Crippen molar-refractivity contribution in [2.45, 2.75) is 0 Å². The molecule has 1 aromatic rings. The zero-order chi connectivity index (χ0) is 9.52. The first-order valence-corrected chi connectivity index (χ1v) is 3.88. The molecule has 0 radical (unpaired) electrons. The van der Waals surface area contributed by atoms with Crippen molar-refractivity contribution >= 4 is 6.72 Å². The van der Waals surface area contributed by atoms with Crippen LogP contribution in [0.15, 0.2) is 59.9 Å². The number of allylic oxidation sites excluding steroid dienone is 1. The molecular formula is C11H11NO. The second-order valence-electron chi connectivity index (χ2n) is 2.33. The van der Waals surface area contributed by atoms with E-state index in [2.05, 4.69) is 18.3 Å². The van der Waals surface area contributed by atoms with Crippen LogP contribution in [0.3, 0.4) is 0 Å². The van der Waals surface area contributed by atoms with Gasteiger partial charge in [-0.2, -0.15) is 0 Å². The van der Waals surface area contributed by atoms with Crippen molar-refractivity contribution in [2.24, 2.45) is 4.99 Å². The van der Waals surface area contributed by atoms with Crippen LogP contribution in [-0.2, 0) is 0 Å². The number of aliphatic imine (C=N–C) groups is 1. The third-order valence-electron chi connectivity index (χ3n) is 1.40. The van der Waals surface area contributed by atoms with Gasteiger partial charge >= 0.3 is 0 Å². The second-order valence-corrected chi connectivity index (χ2v) is 2.33. The van der Waals surface area contributed by atoms with Crippen molar-refractivity contribution in [3.05, 3.63) is 54.9 Å². The molecule has 0 atom stereocenters. The maximum atomic E-state index is 5.41. The Hall–Kier alpha value is -1.83. The normalized spacial score (nSPS) is 10.6. The van der Waals surface area contributed by atoms with Gasteiger partial charge < -0.3 is 4.74 Å². The Labute approximate surface area is 77.9 Å². The van der Waals surface area contributed by atoms with E-state index in [1.165, 1.54) is 6.20 Å². The summed E-state index contributed by atoms with van der Waals surface area (Å²) in [6.45, 7) is 6.93. The van der Waals surface area contributed by atoms with Gasteiger partial charge in [0.1, 0.15) is 11.5 Å². The minimum absolute atomic E-state index is 0.584. The molecule has 0 amide bonds. The predicted octanol–water partition coefficient (Wildman–Crippen LogP) is 2.79. The molecule has 0 aliphatic carbocycles. The number of nitrogens with zero attached hydrogens (tertiary/aromatic N) is 1. The Kier molecular flexibility index (Phi) is 3.51. The van der Waals surface area contributed by atoms with Gasteiger partial charge in [0.15, 0.2) is 0 Å². The highest BCUT2D eigenvalue weighted by Gasteiger charge is 1.93. The Morgan fingerprint density at radius 2 is 2.00 bits per heavy atom. The van der Waals surface area contributed by atoms with E-state index in [9.17, 15) is 0 Å². The van der Waals surface area contributed by atoms with E-state index in [1.54, 1.807) is 6.08 Å². The molecule has 0 aromatic heterocycles. The average Bonchev–Trinajstić information content (AvgIpc) is 2.19. The fourth-order valence-electron chi connectivity index (χ4n) is 0.835. The maximum absolute atomic E-state index is 5.41. The quantitative estimate of drug-likeness (QED) is 0.390. The van der Waals surface area contributed by atoms with Gasteiger partial charge in [-0.3, -0.25) is 4.99 Å². The zero-order valence-electron chi connectivity index (χ0n) is 7.31. The molecule has 1 rings (SSSR count). The molecule has 0 unspecified atom stereocenters. The molecule has 0 N–H and O–H groups in total. The van der Waals surface area contributed by atoms with Gasteiger partial charge in [-0.05, 0) is 24.9 Å². The Balaban J connectivity index is 2.73. The molecule has 0 spiro atoms. The van der Waals surface area contributed by atoms with Crippen LogP contribution in [0.2, 0.25) is 0 Å². The van der Waals surface area contributed by atoms with Crippen LogP contribution >= 0.6 is 0 Å². The first-order valence-electron chi connectivity index (χ1n) is 3.88. The molecule has 0 bridgehead atoms. The average molecular weight is 173 g/mol. The molecule has 2 nitrogen and oxygen atoms in total. The minimum Gasteiger partial charge on any atom is -0.456 e. The van der Waals surface area contributed by atoms with Gasteiger partial charge in [-0.15, -0.1) is 0 Å². The first-order chi connectivity index (χ1) is 6.36. The van der Waals surface area contributed by atoms with E-state index in [0.29, 0.717) is 5.76 Å². The fraction of sp³-hybridized carbons (Fsp3) is 0. The Bertz CT molecular complexity index is 314. The zero-order valence-corrected chi connectivity index (χ0v) is 7.31. The largest absolute Gasteiger partial charge is 0.456 e. The van der Waals surface area contributed by atoms with E-state index < -0.39 is 0 Å². The summed E-state index contributed by atoms with van der Waals surface area (Å²) in [5.74, 6) is 1.35. The molecule has 0 saturated carbocycles. The lowest BCUT2D eigenvalue weighted by Gasteiger charge is -2.03. The highest BCUT2D eigenvalue weighted by atomic mass is 16.5. The summed E-state index contributed by atoms with van der Waals surface area (Å²) >= 11 is 0. The summed E-state index contributed by atoms with van der Waals surface area (Å²) in [5.41, 5.74) is 0. The maximum Gasteiger partial charge on any atom is 0.145 e. The summed E-state index contributed by atoms with van der Waals surface area (Å²) in [6.07, 6.45) is 3.10. The monoisotopic (exact) mass is 173 g/mol. The van der Waals surface area contributed by atoms with Gasteiger partial charge in [0.05, 0.1) is 6.20 Å². The Morgan fingerprint density at radius 3 is 2.54 bits per heavy atom. The third-order valence-corrected chi connectivity index (χ3v) is 1.40. The summed E-state index contributed by atoms with van der Waals surface area (Å²) < 4.78 is 5.41. The van der Waals surface area contributed by atoms with Crippen molar-refractivity contribution in [3.63, 3.8) is 0 Å². The Morgan fingerprint density at radius 1 is 1.31 bits per heavy atom. The van der Waals surface area contributed by atoms with Crippen LogP contribution in [0.25, 0.3) is 0 Å². The molecule has 13 heavy (non-hydrogen) atoms. The topological polar surface area (TPSA) is 21.6 Å². The number of ether oxygens (including phenoxy) is 1. The van der Waals surface area contributed by atoms with Gasteiger partial charge in [0, 0.05) is 0 Å². The lowest BCUT2D eigenvalue weighted by Crippen LogP contribution is -1.90. The molecule has 0 aliphatic rings. The van der Waals surface area contributed by atoms with Crippen LogP contribution in [-0.4, -0.2) is 6.72 Å². The van der Waals surface area contributed by atoms with Crippen molar-refractivity contribution < 1.29 is 4.74 Å². The van der Waals surface area contributed by atoms with E-state index in [0.717, 1.165) is 5.75 Å². The van der Waals surface area contributed by atoms with Gasteiger partial charge in [-0.25, -0.2) is 0 Å². The van der Waals surface area contributed by atoms with Crippen molar-refractivity contribution in [1.82, 2.24) is 0 Å². The molecule has 0 fully saturated rings. The minimum atomic E-state index is 0.584. The van der Waals surface area contributed by atoms with Crippen LogP contribution in [0, 0.1) is 0 Å². The second kappa shape index (κ2) is 4.93. The lowest BCUT2D eigenvalue weighted by molar-refractivity contribution is 0.443. The molecule has 0 saturated heterocycles. The van der Waals surface area contributed by atoms with Crippen molar-refractivity contribution in [1.29, 1.82) is 0 Å². The highest BCUT2D eigenvalue weighted by Crippen LogP contribution is 2.12. The standard InChI is InChI=1S/C11H11NO/c1-3-10(9-12-2)13-11-7-5-4-6-8-11/h3-9H,1-2H2/b10-9+. The molecule has 2 heteroatoms. The highest BCUT2D eigenvalue weighted by molar-refractivity contribution is 5.29. The summed E-state index contributed by atoms with van der Waals surface area (Å²) in [4.78, 5) is 3.59. The molecular weight excluding hydrogens is 162 g/mol. The van der Waals surface area contributed by atoms with Crippen LogP contribution in [0.5, 0.6) is 5.75 Å². The SMILES string of the molecule is C=C/C(=C\N=C)Oc1ccccc1. The number of hydrogen-bond acceptors (Lipinski definition) is 2. The molecule has 0 aliphatic heterocycles. The van der Waals surface area contributed by atoms with E-state index in [1.807, 2.05) is 30.3 Å². The van der Waals surface area contributed by atoms with Crippen molar-refractivity contribution in [3.8, 4) is 5.75 Å². The third kappa shape index (κ3) is 2.95. The predicted molar refractivity (Wildman–Crippen MR) is 54.9 cm³/mol. The summed E-state index contributed by atoms with van der Waals surface area (Å²) in [7, 11) is 0. The first kappa shape index (κ1) is 9.26. The van der Waals surface area contributed by atoms with Crippen LogP contribution < -0.4 is 4.74 Å². The summed E-state index contributed by atoms with van der Waals surface area (Å²) in [5, 5.41) is 0. The number of hydrogen-bond donors (Lipinski definition) is 0. The molecule has 0 heterocycles. The van der Waals surface area contributed by atoms with E-state index in [-0.39, 0.29) is 0 Å². The van der Waals surface area contributed by atoms with Gasteiger partial charge in [-0.1, -0.05) is 24.8 Å². The van der Waals surface area contributed by atoms with Crippen molar-refractivity contribution in [2.75, 3.05) is 0 Å². The number of para-hydroxylation sites is 1. The fourth-order valence-corrected chi connectivity index (χ4v) is 0.835. The van der Waals surface area contributed by atoms with E-state index in [4.69, 9.17) is 4.74 Å². The smallest absolute Gasteiger partial charge is 0.145 e. The van der Waals surface area contributed by atoms with Gasteiger partial charge in [0.25, 0.3) is 0 Å². The molecule has 1 aromatic carbocycles. The number of benzene rings is 1. The molecule has 66 valence electrons. The van der Waals surface area contributed by atoms with Crippen LogP contribution in [0.4, 0.5) is 0 Å². The van der Waals surface area contributed by atoms with Crippen LogP contribution in [0.1, 0.15) is 0 Å². The van der Waals surface area contributed by atoms with E-state index >= 15 is 0 Å². The number of rotatable bonds is 4.